The van der Waals surface area contributed by atoms with E-state index in [4.69, 9.17) is 0 Å². The molecule has 2 nitrogen and oxygen atoms in total. The number of fused-ring (bicyclic) bond motifs is 5. The molecule has 126 valence electrons. The van der Waals surface area contributed by atoms with Crippen molar-refractivity contribution in [1.29, 1.82) is 0 Å². The first kappa shape index (κ1) is 15.6. The molecule has 0 heterocycles. The lowest BCUT2D eigenvalue weighted by atomic mass is 9.47. The molecule has 3 fully saturated rings. The summed E-state index contributed by atoms with van der Waals surface area (Å²) in [7, 11) is 0. The summed E-state index contributed by atoms with van der Waals surface area (Å²) in [6, 6.07) is 0. The Bertz CT molecular complexity index is 548. The van der Waals surface area contributed by atoms with Crippen LogP contribution in [0.25, 0.3) is 0 Å². The molecule has 0 aromatic carbocycles. The molecule has 7 atom stereocenters. The van der Waals surface area contributed by atoms with Crippen molar-refractivity contribution in [3.8, 4) is 0 Å². The summed E-state index contributed by atoms with van der Waals surface area (Å²) in [6.45, 7) is 6.75. The summed E-state index contributed by atoms with van der Waals surface area (Å²) in [4.78, 5) is 11.9. The van der Waals surface area contributed by atoms with Crippen LogP contribution in [-0.4, -0.2) is 17.5 Å². The Hall–Kier alpha value is -0.890. The number of rotatable bonds is 2. The molecule has 0 aromatic rings. The smallest absolute Gasteiger partial charge is 0.155 e. The zero-order valence-corrected chi connectivity index (χ0v) is 14.3. The first-order valence-electron chi connectivity index (χ1n) is 9.58. The molecule has 0 aliphatic heterocycles. The lowest BCUT2D eigenvalue weighted by molar-refractivity contribution is -0.118. The van der Waals surface area contributed by atoms with Gasteiger partial charge in [0.05, 0.1) is 6.61 Å². The number of hydrogen-bond acceptors (Lipinski definition) is 2. The molecule has 0 spiro atoms. The van der Waals surface area contributed by atoms with Crippen LogP contribution in [0.4, 0.5) is 0 Å². The van der Waals surface area contributed by atoms with Gasteiger partial charge in [-0.15, -0.1) is 6.58 Å². The third-order valence-electron chi connectivity index (χ3n) is 8.01. The molecule has 2 heteroatoms. The Morgan fingerprint density at radius 2 is 2.13 bits per heavy atom. The second-order valence-corrected chi connectivity index (χ2v) is 8.69. The minimum atomic E-state index is -0.0810. The molecule has 23 heavy (non-hydrogen) atoms. The molecular weight excluding hydrogens is 284 g/mol. The quantitative estimate of drug-likeness (QED) is 0.778. The van der Waals surface area contributed by atoms with Crippen LogP contribution in [0, 0.1) is 40.9 Å². The predicted octanol–water partition coefficient (Wildman–Crippen LogP) is 4.15. The summed E-state index contributed by atoms with van der Waals surface area (Å²) in [5.74, 6) is 4.64. The first-order valence-corrected chi connectivity index (χ1v) is 9.58. The number of carbonyl (C=O) groups excluding carboxylic acids is 1. The maximum absolute atomic E-state index is 11.9. The Morgan fingerprint density at radius 1 is 1.30 bits per heavy atom. The molecule has 0 saturated heterocycles. The van der Waals surface area contributed by atoms with Crippen LogP contribution in [0.1, 0.15) is 51.9 Å². The SMILES string of the molecule is C=C[C@H]1CCC2C3CCC4=CC(=O)CC[C@]4(CO)C3C[C@@H](C)C21. The standard InChI is InChI=1S/C21H30O2/c1-3-14-4-6-18-17-7-5-15-11-16(23)8-9-21(15,12-22)19(17)10-13(2)20(14)18/h3,11,13-14,17-20,22H,1,4-10,12H2,2H3/t13-,14+,17?,18?,19?,20?,21-/m1/s1. The van der Waals surface area contributed by atoms with E-state index >= 15 is 0 Å². The fourth-order valence-corrected chi connectivity index (χ4v) is 7.07. The van der Waals surface area contributed by atoms with Crippen molar-refractivity contribution in [2.24, 2.45) is 40.9 Å². The van der Waals surface area contributed by atoms with Crippen LogP contribution in [0.5, 0.6) is 0 Å². The lowest BCUT2D eigenvalue weighted by Crippen LogP contribution is -2.52. The summed E-state index contributed by atoms with van der Waals surface area (Å²) < 4.78 is 0. The molecule has 0 aromatic heterocycles. The molecule has 0 bridgehead atoms. The molecule has 4 unspecified atom stereocenters. The van der Waals surface area contributed by atoms with Gasteiger partial charge in [0.25, 0.3) is 0 Å². The fourth-order valence-electron chi connectivity index (χ4n) is 7.07. The summed E-state index contributed by atoms with van der Waals surface area (Å²) >= 11 is 0. The maximum Gasteiger partial charge on any atom is 0.155 e. The van der Waals surface area contributed by atoms with Gasteiger partial charge in [0.15, 0.2) is 5.78 Å². The number of aliphatic hydroxyl groups excluding tert-OH is 1. The molecule has 1 N–H and O–H groups in total. The third-order valence-corrected chi connectivity index (χ3v) is 8.01. The molecule has 4 aliphatic carbocycles. The number of aliphatic hydroxyl groups is 1. The number of allylic oxidation sites excluding steroid dienone is 1. The molecule has 4 aliphatic rings. The summed E-state index contributed by atoms with van der Waals surface area (Å²) in [5.41, 5.74) is 1.20. The van der Waals surface area contributed by atoms with E-state index in [9.17, 15) is 9.90 Å². The van der Waals surface area contributed by atoms with Gasteiger partial charge in [0.1, 0.15) is 0 Å². The highest BCUT2D eigenvalue weighted by molar-refractivity contribution is 5.91. The molecular formula is C21H30O2. The van der Waals surface area contributed by atoms with Crippen molar-refractivity contribution in [1.82, 2.24) is 0 Å². The van der Waals surface area contributed by atoms with Crippen LogP contribution in [0.15, 0.2) is 24.3 Å². The number of carbonyl (C=O) groups is 1. The second-order valence-electron chi connectivity index (χ2n) is 8.69. The Morgan fingerprint density at radius 3 is 2.87 bits per heavy atom. The van der Waals surface area contributed by atoms with E-state index in [1.54, 1.807) is 0 Å². The Balaban J connectivity index is 1.71. The van der Waals surface area contributed by atoms with Crippen LogP contribution in [0.3, 0.4) is 0 Å². The van der Waals surface area contributed by atoms with Crippen molar-refractivity contribution < 1.29 is 9.90 Å². The molecule has 0 radical (unpaired) electrons. The van der Waals surface area contributed by atoms with Crippen LogP contribution in [-0.2, 0) is 4.79 Å². The van der Waals surface area contributed by atoms with Gasteiger partial charge in [0, 0.05) is 11.8 Å². The molecule has 0 amide bonds. The minimum Gasteiger partial charge on any atom is -0.395 e. The van der Waals surface area contributed by atoms with E-state index in [1.807, 2.05) is 6.08 Å². The van der Waals surface area contributed by atoms with Crippen LogP contribution < -0.4 is 0 Å². The van der Waals surface area contributed by atoms with Crippen molar-refractivity contribution in [2.45, 2.75) is 51.9 Å². The number of hydrogen-bond donors (Lipinski definition) is 1. The van der Waals surface area contributed by atoms with E-state index in [-0.39, 0.29) is 17.8 Å². The topological polar surface area (TPSA) is 37.3 Å². The van der Waals surface area contributed by atoms with Gasteiger partial charge in [-0.25, -0.2) is 0 Å². The van der Waals surface area contributed by atoms with Gasteiger partial charge in [-0.1, -0.05) is 18.6 Å². The van der Waals surface area contributed by atoms with Gasteiger partial charge in [-0.05, 0) is 80.1 Å². The highest BCUT2D eigenvalue weighted by Gasteiger charge is 2.57. The van der Waals surface area contributed by atoms with Gasteiger partial charge in [0.2, 0.25) is 0 Å². The molecule has 4 rings (SSSR count). The monoisotopic (exact) mass is 314 g/mol. The first-order chi connectivity index (χ1) is 11.1. The van der Waals surface area contributed by atoms with E-state index in [1.165, 1.54) is 31.3 Å². The Labute approximate surface area is 140 Å². The van der Waals surface area contributed by atoms with Gasteiger partial charge in [-0.2, -0.15) is 0 Å². The van der Waals surface area contributed by atoms with Crippen LogP contribution in [0.2, 0.25) is 0 Å². The summed E-state index contributed by atoms with van der Waals surface area (Å²) in [5, 5.41) is 10.4. The largest absolute Gasteiger partial charge is 0.395 e. The molecule has 3 saturated carbocycles. The van der Waals surface area contributed by atoms with Crippen molar-refractivity contribution in [3.05, 3.63) is 24.3 Å². The highest BCUT2D eigenvalue weighted by atomic mass is 16.3. The zero-order valence-electron chi connectivity index (χ0n) is 14.3. The number of ketones is 1. The van der Waals surface area contributed by atoms with E-state index < -0.39 is 0 Å². The van der Waals surface area contributed by atoms with Crippen LogP contribution >= 0.6 is 0 Å². The third kappa shape index (κ3) is 2.13. The average Bonchev–Trinajstić information content (AvgIpc) is 2.99. The lowest BCUT2D eigenvalue weighted by Gasteiger charge is -2.57. The van der Waals surface area contributed by atoms with Crippen molar-refractivity contribution in [3.63, 3.8) is 0 Å². The van der Waals surface area contributed by atoms with Gasteiger partial charge in [-0.3, -0.25) is 4.79 Å². The zero-order chi connectivity index (χ0) is 16.2. The van der Waals surface area contributed by atoms with E-state index in [2.05, 4.69) is 19.6 Å². The fraction of sp³-hybridized carbons (Fsp3) is 0.762. The average molecular weight is 314 g/mol. The van der Waals surface area contributed by atoms with Gasteiger partial charge < -0.3 is 5.11 Å². The Kier molecular flexibility index (Phi) is 3.79. The predicted molar refractivity (Wildman–Crippen MR) is 91.7 cm³/mol. The normalized spacial score (nSPS) is 49.0. The minimum absolute atomic E-state index is 0.0810. The van der Waals surface area contributed by atoms with E-state index in [0.29, 0.717) is 24.2 Å². The second kappa shape index (κ2) is 5.58. The van der Waals surface area contributed by atoms with Gasteiger partial charge >= 0.3 is 0 Å². The summed E-state index contributed by atoms with van der Waals surface area (Å²) in [6.07, 6.45) is 11.7. The van der Waals surface area contributed by atoms with Crippen molar-refractivity contribution >= 4 is 5.78 Å². The highest BCUT2D eigenvalue weighted by Crippen LogP contribution is 2.63. The maximum atomic E-state index is 11.9. The van der Waals surface area contributed by atoms with Crippen molar-refractivity contribution in [2.75, 3.05) is 6.61 Å². The van der Waals surface area contributed by atoms with E-state index in [0.717, 1.165) is 30.6 Å².